The van der Waals surface area contributed by atoms with E-state index in [9.17, 15) is 0 Å². The number of hydrogen-bond donors (Lipinski definition) is 2. The maximum Gasteiger partial charge on any atom is 0.104 e. The Kier molecular flexibility index (Phi) is 7.81. The summed E-state index contributed by atoms with van der Waals surface area (Å²) in [7, 11) is 0. The van der Waals surface area contributed by atoms with Gasteiger partial charge in [0, 0.05) is 22.2 Å². The molecule has 3 N–H and O–H groups in total. The van der Waals surface area contributed by atoms with Gasteiger partial charge in [0.2, 0.25) is 0 Å². The fourth-order valence-corrected chi connectivity index (χ4v) is 3.10. The molecule has 0 bridgehead atoms. The largest absolute Gasteiger partial charge is 0.395 e. The number of nitrogens with zero attached hydrogens (tertiary/aromatic N) is 1. The van der Waals surface area contributed by atoms with Crippen LogP contribution in [0.25, 0.3) is 0 Å². The minimum Gasteiger partial charge on any atom is -0.395 e. The summed E-state index contributed by atoms with van der Waals surface area (Å²) in [6.45, 7) is -0.0549. The molecule has 0 saturated heterocycles. The lowest BCUT2D eigenvalue weighted by molar-refractivity contribution is 0.265. The fourth-order valence-electron chi connectivity index (χ4n) is 1.68. The molecule has 1 heterocycles. The summed E-state index contributed by atoms with van der Waals surface area (Å²) in [5, 5.41) is 11.1. The monoisotopic (exact) mass is 364 g/mol. The average Bonchev–Trinajstić information content (AvgIpc) is 2.43. The lowest BCUT2D eigenvalue weighted by atomic mass is 10.1. The zero-order chi connectivity index (χ0) is 14.5. The minimum atomic E-state index is -0.292. The second kappa shape index (κ2) is 8.83. The SMILES string of the molecule is Cl.NC(CO)Cc1cccnc1Sc1ccc(Cl)cc1Cl. The standard InChI is InChI=1S/C14H14Cl2N2OS.ClH/c15-10-3-4-13(12(16)7-10)20-14-9(2-1-5-18-14)6-11(17)8-19;/h1-5,7,11,19H,6,8,17H2;1H. The lowest BCUT2D eigenvalue weighted by Gasteiger charge is -2.12. The van der Waals surface area contributed by atoms with Gasteiger partial charge in [0.05, 0.1) is 11.6 Å². The fraction of sp³-hybridized carbons (Fsp3) is 0.214. The summed E-state index contributed by atoms with van der Waals surface area (Å²) in [6.07, 6.45) is 2.29. The number of halogens is 3. The zero-order valence-electron chi connectivity index (χ0n) is 11.0. The van der Waals surface area contributed by atoms with E-state index < -0.39 is 0 Å². The van der Waals surface area contributed by atoms with E-state index in [-0.39, 0.29) is 25.1 Å². The predicted octanol–water partition coefficient (Wildman–Crippen LogP) is 3.82. The lowest BCUT2D eigenvalue weighted by Crippen LogP contribution is -2.27. The maximum absolute atomic E-state index is 9.06. The summed E-state index contributed by atoms with van der Waals surface area (Å²) < 4.78 is 0. The Hall–Kier alpha value is -0.490. The summed E-state index contributed by atoms with van der Waals surface area (Å²) in [5.74, 6) is 0. The minimum absolute atomic E-state index is 0. The van der Waals surface area contributed by atoms with Crippen LogP contribution in [0.5, 0.6) is 0 Å². The first kappa shape index (κ1) is 18.6. The molecule has 2 aromatic rings. The first-order chi connectivity index (χ1) is 9.60. The van der Waals surface area contributed by atoms with E-state index >= 15 is 0 Å². The van der Waals surface area contributed by atoms with Gasteiger partial charge in [-0.2, -0.15) is 0 Å². The molecule has 1 atom stereocenters. The van der Waals surface area contributed by atoms with Crippen LogP contribution >= 0.6 is 47.4 Å². The van der Waals surface area contributed by atoms with Crippen molar-refractivity contribution in [2.45, 2.75) is 22.4 Å². The zero-order valence-corrected chi connectivity index (χ0v) is 14.1. The third-order valence-corrected chi connectivity index (χ3v) is 4.46. The van der Waals surface area contributed by atoms with Gasteiger partial charge in [-0.25, -0.2) is 4.98 Å². The molecule has 0 aliphatic carbocycles. The number of aliphatic hydroxyl groups excluding tert-OH is 1. The molecular formula is C14H15Cl3N2OS. The molecule has 1 aromatic carbocycles. The molecule has 2 rings (SSSR count). The van der Waals surface area contributed by atoms with Crippen molar-refractivity contribution in [2.75, 3.05) is 6.61 Å². The van der Waals surface area contributed by atoms with E-state index in [4.69, 9.17) is 34.0 Å². The molecule has 1 aromatic heterocycles. The van der Waals surface area contributed by atoms with Gasteiger partial charge in [-0.05, 0) is 36.2 Å². The van der Waals surface area contributed by atoms with Gasteiger partial charge in [0.1, 0.15) is 5.03 Å². The van der Waals surface area contributed by atoms with Gasteiger partial charge in [-0.3, -0.25) is 0 Å². The number of pyridine rings is 1. The van der Waals surface area contributed by atoms with Crippen molar-refractivity contribution in [3.05, 3.63) is 52.1 Å². The number of benzene rings is 1. The Morgan fingerprint density at radius 2 is 2.05 bits per heavy atom. The molecular weight excluding hydrogens is 351 g/mol. The molecule has 0 aliphatic heterocycles. The highest BCUT2D eigenvalue weighted by Crippen LogP contribution is 2.35. The van der Waals surface area contributed by atoms with Crippen molar-refractivity contribution in [2.24, 2.45) is 5.73 Å². The van der Waals surface area contributed by atoms with Gasteiger partial charge in [0.25, 0.3) is 0 Å². The average molecular weight is 366 g/mol. The normalized spacial score (nSPS) is 11.8. The third-order valence-electron chi connectivity index (χ3n) is 2.67. The highest BCUT2D eigenvalue weighted by atomic mass is 35.5. The van der Waals surface area contributed by atoms with Gasteiger partial charge < -0.3 is 10.8 Å². The van der Waals surface area contributed by atoms with Gasteiger partial charge in [0.15, 0.2) is 0 Å². The quantitative estimate of drug-likeness (QED) is 0.845. The third kappa shape index (κ3) is 5.33. The second-order valence-electron chi connectivity index (χ2n) is 4.29. The molecule has 7 heteroatoms. The van der Waals surface area contributed by atoms with Crippen LogP contribution in [0.2, 0.25) is 10.0 Å². The first-order valence-corrected chi connectivity index (χ1v) is 7.60. The Morgan fingerprint density at radius 1 is 1.29 bits per heavy atom. The van der Waals surface area contributed by atoms with Crippen LogP contribution in [-0.4, -0.2) is 22.7 Å². The summed E-state index contributed by atoms with van der Waals surface area (Å²) in [4.78, 5) is 5.24. The van der Waals surface area contributed by atoms with E-state index in [1.54, 1.807) is 18.3 Å². The molecule has 0 saturated carbocycles. The van der Waals surface area contributed by atoms with Crippen LogP contribution in [0.15, 0.2) is 46.5 Å². The molecule has 0 amide bonds. The molecule has 0 spiro atoms. The molecule has 0 aliphatic rings. The van der Waals surface area contributed by atoms with Gasteiger partial charge in [-0.15, -0.1) is 12.4 Å². The number of rotatable bonds is 5. The van der Waals surface area contributed by atoms with E-state index in [1.807, 2.05) is 18.2 Å². The Balaban J connectivity index is 0.00000220. The van der Waals surface area contributed by atoms with E-state index in [0.717, 1.165) is 15.5 Å². The summed E-state index contributed by atoms with van der Waals surface area (Å²) >= 11 is 13.5. The summed E-state index contributed by atoms with van der Waals surface area (Å²) in [5.41, 5.74) is 6.78. The number of aliphatic hydroxyl groups is 1. The molecule has 114 valence electrons. The number of nitrogens with two attached hydrogens (primary N) is 1. The molecule has 0 radical (unpaired) electrons. The van der Waals surface area contributed by atoms with Crippen LogP contribution in [0, 0.1) is 0 Å². The molecule has 21 heavy (non-hydrogen) atoms. The van der Waals surface area contributed by atoms with Crippen LogP contribution in [-0.2, 0) is 6.42 Å². The van der Waals surface area contributed by atoms with Crippen LogP contribution < -0.4 is 5.73 Å². The second-order valence-corrected chi connectivity index (χ2v) is 6.17. The highest BCUT2D eigenvalue weighted by Gasteiger charge is 2.11. The Bertz CT molecular complexity index is 598. The van der Waals surface area contributed by atoms with Gasteiger partial charge in [-0.1, -0.05) is 41.0 Å². The van der Waals surface area contributed by atoms with Crippen molar-refractivity contribution < 1.29 is 5.11 Å². The topological polar surface area (TPSA) is 59.1 Å². The van der Waals surface area contributed by atoms with E-state index in [0.29, 0.717) is 16.5 Å². The Labute approximate surface area is 144 Å². The van der Waals surface area contributed by atoms with Crippen LogP contribution in [0.1, 0.15) is 5.56 Å². The predicted molar refractivity (Wildman–Crippen MR) is 90.8 cm³/mol. The molecule has 0 fully saturated rings. The van der Waals surface area contributed by atoms with Crippen LogP contribution in [0.4, 0.5) is 0 Å². The first-order valence-electron chi connectivity index (χ1n) is 6.03. The highest BCUT2D eigenvalue weighted by molar-refractivity contribution is 7.99. The molecule has 1 unspecified atom stereocenters. The van der Waals surface area contributed by atoms with Crippen molar-refractivity contribution in [1.29, 1.82) is 0 Å². The van der Waals surface area contributed by atoms with Gasteiger partial charge >= 0.3 is 0 Å². The number of hydrogen-bond acceptors (Lipinski definition) is 4. The van der Waals surface area contributed by atoms with Crippen molar-refractivity contribution in [3.63, 3.8) is 0 Å². The van der Waals surface area contributed by atoms with Crippen molar-refractivity contribution in [3.8, 4) is 0 Å². The summed E-state index contributed by atoms with van der Waals surface area (Å²) in [6, 6.07) is 8.87. The van der Waals surface area contributed by atoms with Crippen molar-refractivity contribution >= 4 is 47.4 Å². The van der Waals surface area contributed by atoms with Crippen LogP contribution in [0.3, 0.4) is 0 Å². The Morgan fingerprint density at radius 3 is 2.71 bits per heavy atom. The molecule has 3 nitrogen and oxygen atoms in total. The van der Waals surface area contributed by atoms with Crippen molar-refractivity contribution in [1.82, 2.24) is 4.98 Å². The number of aromatic nitrogens is 1. The van der Waals surface area contributed by atoms with E-state index in [2.05, 4.69) is 4.98 Å². The maximum atomic E-state index is 9.06. The smallest absolute Gasteiger partial charge is 0.104 e. The van der Waals surface area contributed by atoms with E-state index in [1.165, 1.54) is 11.8 Å².